The van der Waals surface area contributed by atoms with Crippen LogP contribution in [0.2, 0.25) is 0 Å². The maximum absolute atomic E-state index is 11.8. The lowest BCUT2D eigenvalue weighted by Crippen LogP contribution is -2.38. The van der Waals surface area contributed by atoms with Gasteiger partial charge in [0.05, 0.1) is 16.8 Å². The van der Waals surface area contributed by atoms with Crippen molar-refractivity contribution in [3.63, 3.8) is 0 Å². The van der Waals surface area contributed by atoms with Crippen LogP contribution in [0.15, 0.2) is 53.8 Å². The van der Waals surface area contributed by atoms with E-state index in [1.54, 1.807) is 18.3 Å². The third-order valence-corrected chi connectivity index (χ3v) is 6.87. The molecule has 10 heteroatoms. The highest BCUT2D eigenvalue weighted by atomic mass is 32.2. The second-order valence-electron chi connectivity index (χ2n) is 8.34. The largest absolute Gasteiger partial charge is 0.341 e. The van der Waals surface area contributed by atoms with Crippen molar-refractivity contribution in [1.29, 1.82) is 0 Å². The number of rotatable bonds is 7. The number of aromatic amines is 1. The Labute approximate surface area is 201 Å². The van der Waals surface area contributed by atoms with E-state index in [2.05, 4.69) is 60.0 Å². The molecule has 4 heterocycles. The van der Waals surface area contributed by atoms with Gasteiger partial charge in [-0.05, 0) is 60.3 Å². The molecule has 2 aliphatic rings. The molecule has 3 aromatic rings. The van der Waals surface area contributed by atoms with Gasteiger partial charge < -0.3 is 10.2 Å². The van der Waals surface area contributed by atoms with Gasteiger partial charge in [0.1, 0.15) is 0 Å². The number of anilines is 1. The van der Waals surface area contributed by atoms with E-state index in [-0.39, 0.29) is 11.1 Å². The van der Waals surface area contributed by atoms with E-state index in [0.717, 1.165) is 56.3 Å². The summed E-state index contributed by atoms with van der Waals surface area (Å²) >= 11 is 0.892. The van der Waals surface area contributed by atoms with Crippen molar-refractivity contribution in [2.75, 3.05) is 24.5 Å². The van der Waals surface area contributed by atoms with Gasteiger partial charge in [0.15, 0.2) is 0 Å². The van der Waals surface area contributed by atoms with Gasteiger partial charge >= 0.3 is 0 Å². The van der Waals surface area contributed by atoms with Crippen molar-refractivity contribution in [1.82, 2.24) is 30.8 Å². The first-order valence-corrected chi connectivity index (χ1v) is 12.1. The molecule has 2 aliphatic heterocycles. The Hall–Kier alpha value is -3.50. The van der Waals surface area contributed by atoms with Gasteiger partial charge in [-0.15, -0.1) is 0 Å². The Kier molecular flexibility index (Phi) is 6.68. The fraction of sp³-hybridized carbons (Fsp3) is 0.292. The minimum atomic E-state index is -0.379. The van der Waals surface area contributed by atoms with Crippen LogP contribution >= 0.6 is 11.8 Å². The fourth-order valence-corrected chi connectivity index (χ4v) is 4.92. The maximum atomic E-state index is 11.8. The van der Waals surface area contributed by atoms with E-state index in [0.29, 0.717) is 22.5 Å². The Bertz CT molecular complexity index is 1200. The van der Waals surface area contributed by atoms with Gasteiger partial charge in [-0.3, -0.25) is 20.0 Å². The van der Waals surface area contributed by atoms with E-state index in [1.807, 2.05) is 12.4 Å². The molecule has 0 aliphatic carbocycles. The van der Waals surface area contributed by atoms with Crippen LogP contribution in [0.3, 0.4) is 0 Å². The molecule has 0 radical (unpaired) electrons. The molecule has 174 valence electrons. The summed E-state index contributed by atoms with van der Waals surface area (Å²) in [5.74, 6) is 0.868. The second-order valence-corrected chi connectivity index (χ2v) is 9.35. The summed E-state index contributed by atoms with van der Waals surface area (Å²) in [4.78, 5) is 34.7. The number of carbonyl (C=O) groups is 2. The van der Waals surface area contributed by atoms with E-state index >= 15 is 0 Å². The van der Waals surface area contributed by atoms with Crippen LogP contribution in [0.25, 0.3) is 17.2 Å². The zero-order valence-corrected chi connectivity index (χ0v) is 19.3. The summed E-state index contributed by atoms with van der Waals surface area (Å²) in [5.41, 5.74) is 4.18. The van der Waals surface area contributed by atoms with E-state index in [4.69, 9.17) is 0 Å². The SMILES string of the molecule is O=C1NC(=O)/C(=C\c2ccnc(N3CCC(CNCc4ccccc4-c4cn[nH]c4)CC3)n2)S1. The number of nitrogens with zero attached hydrogens (tertiary/aromatic N) is 4. The van der Waals surface area contributed by atoms with Crippen molar-refractivity contribution < 1.29 is 9.59 Å². The summed E-state index contributed by atoms with van der Waals surface area (Å²) in [7, 11) is 0. The van der Waals surface area contributed by atoms with Crippen LogP contribution in [-0.2, 0) is 11.3 Å². The first-order chi connectivity index (χ1) is 16.7. The van der Waals surface area contributed by atoms with E-state index in [9.17, 15) is 9.59 Å². The molecule has 2 saturated heterocycles. The van der Waals surface area contributed by atoms with Crippen LogP contribution in [0.5, 0.6) is 0 Å². The number of hydrogen-bond acceptors (Lipinski definition) is 8. The Morgan fingerprint density at radius 2 is 2.03 bits per heavy atom. The highest BCUT2D eigenvalue weighted by Crippen LogP contribution is 2.26. The zero-order chi connectivity index (χ0) is 23.3. The Morgan fingerprint density at radius 1 is 1.18 bits per heavy atom. The standard InChI is InChI=1S/C24H25N7O2S/c32-22-21(34-24(33)30-22)11-19-5-8-26-23(29-19)31-9-6-16(7-10-31)12-25-13-17-3-1-2-4-20(17)18-14-27-28-15-18/h1-5,8,11,14-16,25H,6-7,9-10,12-13H2,(H,27,28)(H,30,32,33)/b21-11+. The molecule has 0 spiro atoms. The number of nitrogens with one attached hydrogen (secondary N) is 3. The third-order valence-electron chi connectivity index (χ3n) is 6.06. The predicted octanol–water partition coefficient (Wildman–Crippen LogP) is 3.20. The smallest absolute Gasteiger partial charge is 0.290 e. The molecule has 34 heavy (non-hydrogen) atoms. The molecular formula is C24H25N7O2S. The van der Waals surface area contributed by atoms with E-state index < -0.39 is 0 Å². The minimum Gasteiger partial charge on any atom is -0.341 e. The molecule has 2 amide bonds. The third kappa shape index (κ3) is 5.18. The topological polar surface area (TPSA) is 116 Å². The monoisotopic (exact) mass is 475 g/mol. The number of thioether (sulfide) groups is 1. The lowest BCUT2D eigenvalue weighted by Gasteiger charge is -2.32. The first-order valence-electron chi connectivity index (χ1n) is 11.3. The molecule has 2 fully saturated rings. The maximum Gasteiger partial charge on any atom is 0.290 e. The average Bonchev–Trinajstić information content (AvgIpc) is 3.50. The van der Waals surface area contributed by atoms with Gasteiger partial charge in [0.25, 0.3) is 11.1 Å². The van der Waals surface area contributed by atoms with Gasteiger partial charge in [-0.1, -0.05) is 24.3 Å². The van der Waals surface area contributed by atoms with Gasteiger partial charge in [-0.2, -0.15) is 5.10 Å². The van der Waals surface area contributed by atoms with Crippen molar-refractivity contribution in [2.24, 2.45) is 5.92 Å². The number of carbonyl (C=O) groups excluding carboxylic acids is 2. The number of H-pyrrole nitrogens is 1. The summed E-state index contributed by atoms with van der Waals surface area (Å²) in [6.07, 6.45) is 9.20. The van der Waals surface area contributed by atoms with Crippen molar-refractivity contribution in [2.45, 2.75) is 19.4 Å². The van der Waals surface area contributed by atoms with Crippen LogP contribution in [0.1, 0.15) is 24.1 Å². The number of aromatic nitrogens is 4. The molecule has 0 saturated carbocycles. The van der Waals surface area contributed by atoms with Crippen molar-refractivity contribution >= 4 is 34.9 Å². The number of benzene rings is 1. The molecule has 0 atom stereocenters. The summed E-state index contributed by atoms with van der Waals surface area (Å²) in [6.45, 7) is 3.54. The van der Waals surface area contributed by atoms with Crippen LogP contribution in [0, 0.1) is 5.92 Å². The second kappa shape index (κ2) is 10.2. The Morgan fingerprint density at radius 3 is 2.79 bits per heavy atom. The van der Waals surface area contributed by atoms with Crippen LogP contribution in [-0.4, -0.2) is 50.9 Å². The first kappa shape index (κ1) is 22.3. The zero-order valence-electron chi connectivity index (χ0n) is 18.5. The highest BCUT2D eigenvalue weighted by molar-refractivity contribution is 8.18. The number of piperidine rings is 1. The molecular weight excluding hydrogens is 450 g/mol. The van der Waals surface area contributed by atoms with Crippen molar-refractivity contribution in [3.8, 4) is 11.1 Å². The van der Waals surface area contributed by atoms with E-state index in [1.165, 1.54) is 11.1 Å². The number of hydrogen-bond donors (Lipinski definition) is 3. The molecule has 2 aromatic heterocycles. The molecule has 9 nitrogen and oxygen atoms in total. The fourth-order valence-electron chi connectivity index (χ4n) is 4.25. The molecule has 5 rings (SSSR count). The number of amides is 2. The molecule has 0 unspecified atom stereocenters. The minimum absolute atomic E-state index is 0.355. The van der Waals surface area contributed by atoms with Gasteiger partial charge in [-0.25, -0.2) is 9.97 Å². The summed E-state index contributed by atoms with van der Waals surface area (Å²) < 4.78 is 0. The summed E-state index contributed by atoms with van der Waals surface area (Å²) in [6, 6.07) is 10.1. The lowest BCUT2D eigenvalue weighted by atomic mass is 9.96. The molecule has 1 aromatic carbocycles. The van der Waals surface area contributed by atoms with Gasteiger partial charge in [0.2, 0.25) is 5.95 Å². The number of imide groups is 1. The summed E-state index contributed by atoms with van der Waals surface area (Å²) in [5, 5.41) is 12.5. The van der Waals surface area contributed by atoms with Crippen LogP contribution < -0.4 is 15.5 Å². The normalized spacial score (nSPS) is 18.0. The van der Waals surface area contributed by atoms with Crippen molar-refractivity contribution in [3.05, 3.63) is 65.1 Å². The average molecular weight is 476 g/mol. The molecule has 0 bridgehead atoms. The Balaban J connectivity index is 1.13. The predicted molar refractivity (Wildman–Crippen MR) is 132 cm³/mol. The lowest BCUT2D eigenvalue weighted by molar-refractivity contribution is -0.115. The van der Waals surface area contributed by atoms with Crippen LogP contribution in [0.4, 0.5) is 10.7 Å². The van der Waals surface area contributed by atoms with Gasteiger partial charge in [0, 0.05) is 37.6 Å². The molecule has 3 N–H and O–H groups in total. The quantitative estimate of drug-likeness (QED) is 0.446. The highest BCUT2D eigenvalue weighted by Gasteiger charge is 2.25.